The molecule has 0 radical (unpaired) electrons. The number of fused-ring (bicyclic) bond motifs is 1. The van der Waals surface area contributed by atoms with Crippen molar-refractivity contribution >= 4 is 5.91 Å². The summed E-state index contributed by atoms with van der Waals surface area (Å²) in [5.74, 6) is 0.622. The molecule has 0 saturated heterocycles. The van der Waals surface area contributed by atoms with E-state index in [0.717, 1.165) is 22.4 Å². The lowest BCUT2D eigenvalue weighted by Crippen LogP contribution is -2.41. The zero-order chi connectivity index (χ0) is 18.8. The number of aromatic nitrogens is 2. The van der Waals surface area contributed by atoms with Gasteiger partial charge in [-0.1, -0.05) is 42.5 Å². The average Bonchev–Trinajstić information content (AvgIpc) is 2.73. The molecule has 0 saturated carbocycles. The van der Waals surface area contributed by atoms with Gasteiger partial charge >= 0.3 is 0 Å². The van der Waals surface area contributed by atoms with Crippen molar-refractivity contribution in [1.29, 1.82) is 0 Å². The van der Waals surface area contributed by atoms with Crippen molar-refractivity contribution in [1.82, 2.24) is 15.1 Å². The lowest BCUT2D eigenvalue weighted by atomic mass is 9.87. The number of hydrogen-bond donors (Lipinski definition) is 1. The van der Waals surface area contributed by atoms with Gasteiger partial charge in [0.25, 0.3) is 11.5 Å². The van der Waals surface area contributed by atoms with Crippen LogP contribution in [0.1, 0.15) is 33.2 Å². The lowest BCUT2D eigenvalue weighted by Gasteiger charge is -2.38. The van der Waals surface area contributed by atoms with E-state index in [-0.39, 0.29) is 23.2 Å². The van der Waals surface area contributed by atoms with Gasteiger partial charge in [-0.25, -0.2) is 5.10 Å². The lowest BCUT2D eigenvalue weighted by molar-refractivity contribution is 0.0686. The third-order valence-corrected chi connectivity index (χ3v) is 4.87. The molecule has 4 rings (SSSR count). The van der Waals surface area contributed by atoms with E-state index in [0.29, 0.717) is 13.0 Å². The minimum Gasteiger partial charge on any atom is -0.496 e. The normalized spacial score (nSPS) is 15.9. The standard InChI is InChI=1S/C21H19N3O3/c1-27-18-9-5-8-16-15(18)12-13-24(20(16)14-6-3-2-4-7-14)21(26)17-10-11-19(25)23-22-17/h2-11,20H,12-13H2,1H3,(H,23,25). The number of benzene rings is 2. The molecule has 0 bridgehead atoms. The number of carbonyl (C=O) groups is 1. The summed E-state index contributed by atoms with van der Waals surface area (Å²) in [6.45, 7) is 0.534. The van der Waals surface area contributed by atoms with Gasteiger partial charge in [-0.2, -0.15) is 5.10 Å². The van der Waals surface area contributed by atoms with E-state index < -0.39 is 0 Å². The first-order valence-corrected chi connectivity index (χ1v) is 8.76. The van der Waals surface area contributed by atoms with Crippen LogP contribution in [-0.2, 0) is 6.42 Å². The molecule has 1 aliphatic heterocycles. The minimum absolute atomic E-state index is 0.214. The summed E-state index contributed by atoms with van der Waals surface area (Å²) in [6, 6.07) is 18.4. The molecule has 1 aromatic heterocycles. The topological polar surface area (TPSA) is 75.3 Å². The van der Waals surface area contributed by atoms with Crippen LogP contribution in [0.25, 0.3) is 0 Å². The molecule has 1 amide bonds. The van der Waals surface area contributed by atoms with Crippen LogP contribution >= 0.6 is 0 Å². The summed E-state index contributed by atoms with van der Waals surface area (Å²) >= 11 is 0. The molecule has 6 nitrogen and oxygen atoms in total. The van der Waals surface area contributed by atoms with Gasteiger partial charge in [0.2, 0.25) is 0 Å². The van der Waals surface area contributed by atoms with Gasteiger partial charge in [-0.3, -0.25) is 9.59 Å². The Kier molecular flexibility index (Phi) is 4.46. The Morgan fingerprint density at radius 3 is 2.63 bits per heavy atom. The Bertz CT molecular complexity index is 1010. The molecular formula is C21H19N3O3. The van der Waals surface area contributed by atoms with Crippen molar-refractivity contribution in [2.75, 3.05) is 13.7 Å². The zero-order valence-corrected chi connectivity index (χ0v) is 14.9. The fourth-order valence-electron chi connectivity index (χ4n) is 3.65. The summed E-state index contributed by atoms with van der Waals surface area (Å²) in [7, 11) is 1.66. The Morgan fingerprint density at radius 2 is 1.93 bits per heavy atom. The molecule has 1 atom stereocenters. The molecular weight excluding hydrogens is 342 g/mol. The van der Waals surface area contributed by atoms with Gasteiger partial charge < -0.3 is 9.64 Å². The summed E-state index contributed by atoms with van der Waals surface area (Å²) in [5, 5.41) is 6.26. The van der Waals surface area contributed by atoms with E-state index >= 15 is 0 Å². The Labute approximate surface area is 156 Å². The fraction of sp³-hybridized carbons (Fsp3) is 0.190. The SMILES string of the molecule is COc1cccc2c1CCN(C(=O)c1ccc(=O)[nH]n1)C2c1ccccc1. The van der Waals surface area contributed by atoms with Crippen molar-refractivity contribution in [2.24, 2.45) is 0 Å². The second-order valence-electron chi connectivity index (χ2n) is 6.40. The number of amides is 1. The summed E-state index contributed by atoms with van der Waals surface area (Å²) in [5.41, 5.74) is 3.07. The monoisotopic (exact) mass is 361 g/mol. The van der Waals surface area contributed by atoms with E-state index in [1.807, 2.05) is 48.5 Å². The highest BCUT2D eigenvalue weighted by Crippen LogP contribution is 2.39. The Morgan fingerprint density at radius 1 is 1.11 bits per heavy atom. The van der Waals surface area contributed by atoms with Crippen LogP contribution in [0.5, 0.6) is 5.75 Å². The van der Waals surface area contributed by atoms with Crippen LogP contribution in [0.2, 0.25) is 0 Å². The first kappa shape index (κ1) is 17.0. The highest BCUT2D eigenvalue weighted by molar-refractivity contribution is 5.93. The van der Waals surface area contributed by atoms with Gasteiger partial charge in [0, 0.05) is 18.2 Å². The molecule has 2 aromatic carbocycles. The quantitative estimate of drug-likeness (QED) is 0.778. The molecule has 27 heavy (non-hydrogen) atoms. The molecule has 0 aliphatic carbocycles. The van der Waals surface area contributed by atoms with E-state index in [1.165, 1.54) is 12.1 Å². The number of carbonyl (C=O) groups excluding carboxylic acids is 1. The van der Waals surface area contributed by atoms with Crippen LogP contribution in [0.3, 0.4) is 0 Å². The van der Waals surface area contributed by atoms with Crippen LogP contribution in [0, 0.1) is 0 Å². The number of nitrogens with one attached hydrogen (secondary N) is 1. The molecule has 3 aromatic rings. The van der Waals surface area contributed by atoms with Gasteiger partial charge in [0.05, 0.1) is 13.2 Å². The molecule has 136 valence electrons. The van der Waals surface area contributed by atoms with E-state index in [1.54, 1.807) is 12.0 Å². The van der Waals surface area contributed by atoms with Gasteiger partial charge in [-0.05, 0) is 29.7 Å². The predicted molar refractivity (Wildman–Crippen MR) is 101 cm³/mol. The first-order valence-electron chi connectivity index (χ1n) is 8.76. The van der Waals surface area contributed by atoms with Gasteiger partial charge in [0.1, 0.15) is 11.4 Å². The smallest absolute Gasteiger partial charge is 0.275 e. The molecule has 1 unspecified atom stereocenters. The van der Waals surface area contributed by atoms with Crippen molar-refractivity contribution in [3.63, 3.8) is 0 Å². The third kappa shape index (κ3) is 3.10. The van der Waals surface area contributed by atoms with Crippen molar-refractivity contribution in [2.45, 2.75) is 12.5 Å². The van der Waals surface area contributed by atoms with E-state index in [4.69, 9.17) is 4.74 Å². The number of rotatable bonds is 3. The predicted octanol–water partition coefficient (Wildman–Crippen LogP) is 2.57. The van der Waals surface area contributed by atoms with Crippen LogP contribution in [0.15, 0.2) is 65.5 Å². The maximum Gasteiger partial charge on any atom is 0.275 e. The molecule has 6 heteroatoms. The average molecular weight is 361 g/mol. The van der Waals surface area contributed by atoms with Gasteiger partial charge in [0.15, 0.2) is 0 Å². The van der Waals surface area contributed by atoms with Crippen LogP contribution in [-0.4, -0.2) is 34.7 Å². The number of ether oxygens (including phenoxy) is 1. The van der Waals surface area contributed by atoms with Crippen LogP contribution in [0.4, 0.5) is 0 Å². The second-order valence-corrected chi connectivity index (χ2v) is 6.40. The third-order valence-electron chi connectivity index (χ3n) is 4.87. The highest BCUT2D eigenvalue weighted by Gasteiger charge is 2.34. The maximum atomic E-state index is 13.2. The van der Waals surface area contributed by atoms with E-state index in [2.05, 4.69) is 10.2 Å². The fourth-order valence-corrected chi connectivity index (χ4v) is 3.65. The molecule has 0 spiro atoms. The van der Waals surface area contributed by atoms with Crippen molar-refractivity contribution < 1.29 is 9.53 Å². The first-order chi connectivity index (χ1) is 13.2. The second kappa shape index (κ2) is 7.07. The number of aromatic amines is 1. The number of methoxy groups -OCH3 is 1. The Balaban J connectivity index is 1.82. The number of nitrogens with zero attached hydrogens (tertiary/aromatic N) is 2. The summed E-state index contributed by atoms with van der Waals surface area (Å²) < 4.78 is 5.53. The Hall–Kier alpha value is -3.41. The number of hydrogen-bond acceptors (Lipinski definition) is 4. The highest BCUT2D eigenvalue weighted by atomic mass is 16.5. The minimum atomic E-state index is -0.333. The van der Waals surface area contributed by atoms with Crippen LogP contribution < -0.4 is 10.3 Å². The summed E-state index contributed by atoms with van der Waals surface area (Å²) in [6.07, 6.45) is 0.692. The number of H-pyrrole nitrogens is 1. The largest absolute Gasteiger partial charge is 0.496 e. The molecule has 2 heterocycles. The summed E-state index contributed by atoms with van der Waals surface area (Å²) in [4.78, 5) is 26.3. The maximum absolute atomic E-state index is 13.2. The van der Waals surface area contributed by atoms with Crippen molar-refractivity contribution in [3.8, 4) is 5.75 Å². The molecule has 1 N–H and O–H groups in total. The van der Waals surface area contributed by atoms with Crippen molar-refractivity contribution in [3.05, 3.63) is 93.4 Å². The molecule has 0 fully saturated rings. The zero-order valence-electron chi connectivity index (χ0n) is 14.9. The molecule has 1 aliphatic rings. The van der Waals surface area contributed by atoms with Gasteiger partial charge in [-0.15, -0.1) is 0 Å². The van der Waals surface area contributed by atoms with E-state index in [9.17, 15) is 9.59 Å².